The van der Waals surface area contributed by atoms with Crippen molar-refractivity contribution in [3.63, 3.8) is 0 Å². The van der Waals surface area contributed by atoms with Crippen LogP contribution in [0.3, 0.4) is 0 Å². The topological polar surface area (TPSA) is 68.0 Å². The van der Waals surface area contributed by atoms with Crippen LogP contribution in [0.2, 0.25) is 0 Å². The summed E-state index contributed by atoms with van der Waals surface area (Å²) in [6.07, 6.45) is 1.51. The van der Waals surface area contributed by atoms with Gasteiger partial charge in [-0.15, -0.1) is 0 Å². The van der Waals surface area contributed by atoms with Gasteiger partial charge >= 0.3 is 0 Å². The van der Waals surface area contributed by atoms with Gasteiger partial charge in [0.1, 0.15) is 5.82 Å². The van der Waals surface area contributed by atoms with Crippen LogP contribution in [0, 0.1) is 0 Å². The molecule has 0 aliphatic heterocycles. The number of amides is 1. The maximum atomic E-state index is 12.2. The predicted molar refractivity (Wildman–Crippen MR) is 88.3 cm³/mol. The van der Waals surface area contributed by atoms with Crippen molar-refractivity contribution < 1.29 is 4.79 Å². The summed E-state index contributed by atoms with van der Waals surface area (Å²) < 4.78 is 1.01. The molecular formula is C16H12BrN3O. The number of nitrogens with one attached hydrogen (secondary N) is 1. The lowest BCUT2D eigenvalue weighted by Crippen LogP contribution is -2.12. The number of carbonyl (C=O) groups excluding carboxylic acids is 1. The summed E-state index contributed by atoms with van der Waals surface area (Å²) in [7, 11) is 0. The fourth-order valence-electron chi connectivity index (χ4n) is 2.03. The monoisotopic (exact) mass is 341 g/mol. The third-order valence-corrected chi connectivity index (χ3v) is 3.59. The van der Waals surface area contributed by atoms with Gasteiger partial charge in [-0.25, -0.2) is 4.98 Å². The Hall–Kier alpha value is -2.40. The van der Waals surface area contributed by atoms with Gasteiger partial charge in [-0.1, -0.05) is 28.1 Å². The Morgan fingerprint density at radius 2 is 1.81 bits per heavy atom. The SMILES string of the molecule is Nc1ccc(NC(=O)c2ccc3cc(Br)ccc3c2)nc1. The smallest absolute Gasteiger partial charge is 0.256 e. The van der Waals surface area contributed by atoms with Gasteiger partial charge < -0.3 is 11.1 Å². The van der Waals surface area contributed by atoms with E-state index in [0.717, 1.165) is 15.2 Å². The second-order valence-electron chi connectivity index (χ2n) is 4.64. The molecular weight excluding hydrogens is 330 g/mol. The molecule has 0 atom stereocenters. The molecule has 1 heterocycles. The maximum Gasteiger partial charge on any atom is 0.256 e. The number of nitrogen functional groups attached to an aromatic ring is 1. The Bertz CT molecular complexity index is 815. The Labute approximate surface area is 130 Å². The van der Waals surface area contributed by atoms with E-state index in [0.29, 0.717) is 17.1 Å². The van der Waals surface area contributed by atoms with E-state index in [9.17, 15) is 4.79 Å². The molecule has 5 heteroatoms. The number of pyridine rings is 1. The number of rotatable bonds is 2. The molecule has 0 saturated carbocycles. The highest BCUT2D eigenvalue weighted by Crippen LogP contribution is 2.21. The lowest BCUT2D eigenvalue weighted by atomic mass is 10.1. The molecule has 0 fully saturated rings. The van der Waals surface area contributed by atoms with E-state index in [1.807, 2.05) is 30.3 Å². The largest absolute Gasteiger partial charge is 0.397 e. The predicted octanol–water partition coefficient (Wildman–Crippen LogP) is 3.83. The van der Waals surface area contributed by atoms with Crippen LogP contribution in [-0.2, 0) is 0 Å². The van der Waals surface area contributed by atoms with Crippen molar-refractivity contribution >= 4 is 44.1 Å². The Kier molecular flexibility index (Phi) is 3.58. The molecule has 0 unspecified atom stereocenters. The van der Waals surface area contributed by atoms with Gasteiger partial charge in [-0.05, 0) is 47.2 Å². The summed E-state index contributed by atoms with van der Waals surface area (Å²) in [5.41, 5.74) is 6.71. The van der Waals surface area contributed by atoms with Gasteiger partial charge in [0.2, 0.25) is 0 Å². The fourth-order valence-corrected chi connectivity index (χ4v) is 2.40. The summed E-state index contributed by atoms with van der Waals surface area (Å²) in [4.78, 5) is 16.3. The van der Waals surface area contributed by atoms with Crippen molar-refractivity contribution in [3.05, 3.63) is 64.8 Å². The number of hydrogen-bond acceptors (Lipinski definition) is 3. The molecule has 3 N–H and O–H groups in total. The number of nitrogens with zero attached hydrogens (tertiary/aromatic N) is 1. The minimum Gasteiger partial charge on any atom is -0.397 e. The van der Waals surface area contributed by atoms with Gasteiger partial charge in [0, 0.05) is 10.0 Å². The molecule has 0 aliphatic rings. The number of hydrogen-bond donors (Lipinski definition) is 2. The molecule has 21 heavy (non-hydrogen) atoms. The normalized spacial score (nSPS) is 10.5. The van der Waals surface area contributed by atoms with Crippen LogP contribution in [0.5, 0.6) is 0 Å². The molecule has 0 spiro atoms. The summed E-state index contributed by atoms with van der Waals surface area (Å²) in [5.74, 6) is 0.280. The van der Waals surface area contributed by atoms with Crippen LogP contribution in [0.1, 0.15) is 10.4 Å². The zero-order valence-corrected chi connectivity index (χ0v) is 12.6. The van der Waals surface area contributed by atoms with E-state index in [1.54, 1.807) is 18.2 Å². The number of aromatic nitrogens is 1. The van der Waals surface area contributed by atoms with Crippen molar-refractivity contribution in [1.82, 2.24) is 4.98 Å². The van der Waals surface area contributed by atoms with Gasteiger partial charge in [0.05, 0.1) is 11.9 Å². The molecule has 3 aromatic rings. The first kappa shape index (κ1) is 13.6. The third-order valence-electron chi connectivity index (χ3n) is 3.09. The lowest BCUT2D eigenvalue weighted by molar-refractivity contribution is 0.102. The highest BCUT2D eigenvalue weighted by Gasteiger charge is 2.07. The minimum atomic E-state index is -0.197. The fraction of sp³-hybridized carbons (Fsp3) is 0. The van der Waals surface area contributed by atoms with Crippen LogP contribution in [0.25, 0.3) is 10.8 Å². The van der Waals surface area contributed by atoms with Crippen molar-refractivity contribution in [2.24, 2.45) is 0 Å². The summed E-state index contributed by atoms with van der Waals surface area (Å²) in [5, 5.41) is 4.83. The first-order chi connectivity index (χ1) is 10.1. The highest BCUT2D eigenvalue weighted by atomic mass is 79.9. The van der Waals surface area contributed by atoms with Crippen LogP contribution >= 0.6 is 15.9 Å². The number of anilines is 2. The van der Waals surface area contributed by atoms with E-state index >= 15 is 0 Å². The standard InChI is InChI=1S/C16H12BrN3O/c17-13-4-3-10-7-12(2-1-11(10)8-13)16(21)20-15-6-5-14(18)9-19-15/h1-9H,18H2,(H,19,20,21). The molecule has 3 rings (SSSR count). The van der Waals surface area contributed by atoms with Crippen molar-refractivity contribution in [3.8, 4) is 0 Å². The molecule has 0 radical (unpaired) electrons. The molecule has 1 aromatic heterocycles. The second-order valence-corrected chi connectivity index (χ2v) is 5.55. The summed E-state index contributed by atoms with van der Waals surface area (Å²) >= 11 is 3.43. The van der Waals surface area contributed by atoms with Crippen molar-refractivity contribution in [1.29, 1.82) is 0 Å². The van der Waals surface area contributed by atoms with Gasteiger partial charge in [0.25, 0.3) is 5.91 Å². The van der Waals surface area contributed by atoms with E-state index in [-0.39, 0.29) is 5.91 Å². The zero-order chi connectivity index (χ0) is 14.8. The summed E-state index contributed by atoms with van der Waals surface area (Å²) in [6.45, 7) is 0. The van der Waals surface area contributed by atoms with Crippen LogP contribution in [0.4, 0.5) is 11.5 Å². The number of halogens is 1. The summed E-state index contributed by atoms with van der Waals surface area (Å²) in [6, 6.07) is 14.9. The van der Waals surface area contributed by atoms with Crippen molar-refractivity contribution in [2.45, 2.75) is 0 Å². The van der Waals surface area contributed by atoms with E-state index < -0.39 is 0 Å². The number of nitrogens with two attached hydrogens (primary N) is 1. The Balaban J connectivity index is 1.87. The van der Waals surface area contributed by atoms with E-state index in [1.165, 1.54) is 6.20 Å². The average molecular weight is 342 g/mol. The molecule has 0 aliphatic carbocycles. The van der Waals surface area contributed by atoms with Gasteiger partial charge in [0.15, 0.2) is 0 Å². The quantitative estimate of drug-likeness (QED) is 0.744. The number of carbonyl (C=O) groups is 1. The molecule has 0 saturated heterocycles. The maximum absolute atomic E-state index is 12.2. The number of fused-ring (bicyclic) bond motifs is 1. The highest BCUT2D eigenvalue weighted by molar-refractivity contribution is 9.10. The molecule has 1 amide bonds. The lowest BCUT2D eigenvalue weighted by Gasteiger charge is -2.06. The van der Waals surface area contributed by atoms with Gasteiger partial charge in [-0.3, -0.25) is 4.79 Å². The van der Waals surface area contributed by atoms with Crippen LogP contribution < -0.4 is 11.1 Å². The number of benzene rings is 2. The Morgan fingerprint density at radius 1 is 1.05 bits per heavy atom. The molecule has 104 valence electrons. The average Bonchev–Trinajstić information content (AvgIpc) is 2.49. The first-order valence-corrected chi connectivity index (χ1v) is 7.13. The Morgan fingerprint density at radius 3 is 2.57 bits per heavy atom. The minimum absolute atomic E-state index is 0.197. The van der Waals surface area contributed by atoms with E-state index in [2.05, 4.69) is 26.2 Å². The zero-order valence-electron chi connectivity index (χ0n) is 11.0. The van der Waals surface area contributed by atoms with Gasteiger partial charge in [-0.2, -0.15) is 0 Å². The van der Waals surface area contributed by atoms with Crippen molar-refractivity contribution in [2.75, 3.05) is 11.1 Å². The van der Waals surface area contributed by atoms with Crippen LogP contribution in [0.15, 0.2) is 59.2 Å². The first-order valence-electron chi connectivity index (χ1n) is 6.34. The van der Waals surface area contributed by atoms with Crippen LogP contribution in [-0.4, -0.2) is 10.9 Å². The second kappa shape index (κ2) is 5.54. The molecule has 0 bridgehead atoms. The van der Waals surface area contributed by atoms with E-state index in [4.69, 9.17) is 5.73 Å². The molecule has 4 nitrogen and oxygen atoms in total. The third kappa shape index (κ3) is 3.03. The molecule has 2 aromatic carbocycles.